The summed E-state index contributed by atoms with van der Waals surface area (Å²) in [6, 6.07) is 5.13. The number of fused-ring (bicyclic) bond motifs is 3. The molecule has 4 atom stereocenters. The number of hydrogen-bond donors (Lipinski definition) is 1. The number of ether oxygens (including phenoxy) is 1. The minimum absolute atomic E-state index is 0.0830. The highest BCUT2D eigenvalue weighted by molar-refractivity contribution is 6.23. The molecule has 0 aromatic heterocycles. The zero-order chi connectivity index (χ0) is 24.3. The Morgan fingerprint density at radius 3 is 2.56 bits per heavy atom. The van der Waals surface area contributed by atoms with Crippen LogP contribution < -0.4 is 4.74 Å². The quantitative estimate of drug-likeness (QED) is 0.420. The number of rotatable bonds is 4. The first-order chi connectivity index (χ1) is 16.3. The molecule has 0 unspecified atom stereocenters. The Morgan fingerprint density at radius 2 is 1.85 bits per heavy atom. The highest BCUT2D eigenvalue weighted by Gasteiger charge is 2.56. The lowest BCUT2D eigenvalue weighted by molar-refractivity contribution is -0.139. The summed E-state index contributed by atoms with van der Waals surface area (Å²) in [5.41, 5.74) is 2.38. The molecule has 1 saturated heterocycles. The standard InChI is InChI=1S/C27H27NO6/c1-4-28-26(32)16-10-9-14-17(22(16)27(28)33)12-18-23(19(29)11-13(3)24(18)30)21(14)15-7-6-8-20(25(15)31)34-5-2/h6-9,11,16-17,21-22,31H,4-5,10,12H2,1-3H3/t16-,17+,21+,22-/m0/s1. The maximum absolute atomic E-state index is 13.3. The van der Waals surface area contributed by atoms with E-state index >= 15 is 0 Å². The van der Waals surface area contributed by atoms with Gasteiger partial charge in [-0.2, -0.15) is 0 Å². The molecule has 3 aliphatic carbocycles. The van der Waals surface area contributed by atoms with Crippen LogP contribution in [0.4, 0.5) is 0 Å². The highest BCUT2D eigenvalue weighted by Crippen LogP contribution is 2.56. The van der Waals surface area contributed by atoms with Gasteiger partial charge in [0.25, 0.3) is 0 Å². The molecule has 1 fully saturated rings. The minimum atomic E-state index is -0.686. The lowest BCUT2D eigenvalue weighted by Gasteiger charge is -2.42. The van der Waals surface area contributed by atoms with E-state index in [0.29, 0.717) is 47.6 Å². The predicted molar refractivity (Wildman–Crippen MR) is 123 cm³/mol. The number of para-hydroxylation sites is 1. The Hall–Kier alpha value is -3.48. The van der Waals surface area contributed by atoms with E-state index in [9.17, 15) is 24.3 Å². The molecular formula is C27H27NO6. The monoisotopic (exact) mass is 461 g/mol. The van der Waals surface area contributed by atoms with Crippen molar-refractivity contribution in [1.29, 1.82) is 0 Å². The van der Waals surface area contributed by atoms with Gasteiger partial charge in [-0.3, -0.25) is 24.1 Å². The first kappa shape index (κ1) is 22.3. The van der Waals surface area contributed by atoms with Gasteiger partial charge in [0.15, 0.2) is 23.1 Å². The summed E-state index contributed by atoms with van der Waals surface area (Å²) in [5.74, 6) is -2.77. The fourth-order valence-corrected chi connectivity index (χ4v) is 6.16. The number of phenolic OH excluding ortho intramolecular Hbond substituents is 1. The van der Waals surface area contributed by atoms with Crippen molar-refractivity contribution >= 4 is 23.4 Å². The van der Waals surface area contributed by atoms with Gasteiger partial charge in [0.2, 0.25) is 11.8 Å². The van der Waals surface area contributed by atoms with Crippen LogP contribution in [0.5, 0.6) is 11.5 Å². The number of hydrogen-bond acceptors (Lipinski definition) is 6. The molecule has 2 amide bonds. The number of Topliss-reactive ketones (excluding diaryl/α,β-unsaturated/α-hetero) is 1. The van der Waals surface area contributed by atoms with Crippen LogP contribution in [0.15, 0.2) is 52.6 Å². The summed E-state index contributed by atoms with van der Waals surface area (Å²) in [4.78, 5) is 54.0. The zero-order valence-electron chi connectivity index (χ0n) is 19.5. The third kappa shape index (κ3) is 3.02. The van der Waals surface area contributed by atoms with Gasteiger partial charge < -0.3 is 9.84 Å². The van der Waals surface area contributed by atoms with Gasteiger partial charge in [-0.1, -0.05) is 23.8 Å². The van der Waals surface area contributed by atoms with E-state index in [1.807, 2.05) is 13.0 Å². The molecule has 176 valence electrons. The lowest BCUT2D eigenvalue weighted by atomic mass is 9.59. The van der Waals surface area contributed by atoms with Crippen LogP contribution in [-0.4, -0.2) is 46.5 Å². The van der Waals surface area contributed by atoms with Gasteiger partial charge in [0.05, 0.1) is 18.4 Å². The first-order valence-electron chi connectivity index (χ1n) is 11.8. The van der Waals surface area contributed by atoms with E-state index in [4.69, 9.17) is 4.74 Å². The van der Waals surface area contributed by atoms with E-state index in [-0.39, 0.29) is 35.6 Å². The molecule has 0 bridgehead atoms. The van der Waals surface area contributed by atoms with Crippen LogP contribution in [-0.2, 0) is 19.2 Å². The molecule has 0 saturated carbocycles. The Morgan fingerprint density at radius 1 is 1.09 bits per heavy atom. The zero-order valence-corrected chi connectivity index (χ0v) is 19.5. The molecule has 1 aromatic carbocycles. The fourth-order valence-electron chi connectivity index (χ4n) is 6.16. The number of amides is 2. The third-order valence-corrected chi connectivity index (χ3v) is 7.61. The van der Waals surface area contributed by atoms with Gasteiger partial charge in [-0.05, 0) is 51.7 Å². The number of carbonyl (C=O) groups excluding carboxylic acids is 4. The number of carbonyl (C=O) groups is 4. The molecule has 34 heavy (non-hydrogen) atoms. The fraction of sp³-hybridized carbons (Fsp3) is 0.407. The van der Waals surface area contributed by atoms with Crippen molar-refractivity contribution in [2.45, 2.75) is 39.5 Å². The third-order valence-electron chi connectivity index (χ3n) is 7.61. The van der Waals surface area contributed by atoms with Gasteiger partial charge in [0.1, 0.15) is 0 Å². The van der Waals surface area contributed by atoms with Crippen molar-refractivity contribution in [2.75, 3.05) is 13.2 Å². The smallest absolute Gasteiger partial charge is 0.233 e. The van der Waals surface area contributed by atoms with Crippen LogP contribution in [0.3, 0.4) is 0 Å². The Balaban J connectivity index is 1.71. The number of phenols is 1. The maximum Gasteiger partial charge on any atom is 0.233 e. The molecule has 5 rings (SSSR count). The number of allylic oxidation sites excluding steroid dienone is 6. The lowest BCUT2D eigenvalue weighted by Crippen LogP contribution is -2.39. The predicted octanol–water partition coefficient (Wildman–Crippen LogP) is 3.24. The summed E-state index contributed by atoms with van der Waals surface area (Å²) in [6.45, 7) is 5.87. The second-order valence-corrected chi connectivity index (χ2v) is 9.28. The van der Waals surface area contributed by atoms with E-state index in [0.717, 1.165) is 5.57 Å². The van der Waals surface area contributed by atoms with Gasteiger partial charge >= 0.3 is 0 Å². The Kier molecular flexibility index (Phi) is 5.30. The second-order valence-electron chi connectivity index (χ2n) is 9.28. The number of aromatic hydroxyl groups is 1. The molecule has 7 heteroatoms. The van der Waals surface area contributed by atoms with Gasteiger partial charge in [0, 0.05) is 34.7 Å². The second kappa shape index (κ2) is 8.08. The molecule has 1 heterocycles. The van der Waals surface area contributed by atoms with Crippen molar-refractivity contribution in [2.24, 2.45) is 17.8 Å². The largest absolute Gasteiger partial charge is 0.504 e. The summed E-state index contributed by atoms with van der Waals surface area (Å²) >= 11 is 0. The Bertz CT molecular complexity index is 1240. The summed E-state index contributed by atoms with van der Waals surface area (Å²) in [6.07, 6.45) is 3.92. The SMILES string of the molecule is CCOc1cccc([C@H]2C3=CC[C@@H]4C(=O)N(CC)C(=O)[C@@H]4[C@@H]3CC3=C2C(=O)C=C(C)C3=O)c1O. The summed E-state index contributed by atoms with van der Waals surface area (Å²) < 4.78 is 5.58. The minimum Gasteiger partial charge on any atom is -0.504 e. The molecule has 1 aromatic rings. The first-order valence-corrected chi connectivity index (χ1v) is 11.8. The number of nitrogens with zero attached hydrogens (tertiary/aromatic N) is 1. The van der Waals surface area contributed by atoms with Crippen molar-refractivity contribution in [1.82, 2.24) is 4.90 Å². The number of imide groups is 1. The molecular weight excluding hydrogens is 434 g/mol. The average molecular weight is 462 g/mol. The van der Waals surface area contributed by atoms with Crippen LogP contribution >= 0.6 is 0 Å². The van der Waals surface area contributed by atoms with Crippen LogP contribution in [0.1, 0.15) is 45.1 Å². The van der Waals surface area contributed by atoms with E-state index in [2.05, 4.69) is 0 Å². The average Bonchev–Trinajstić information content (AvgIpc) is 3.07. The highest BCUT2D eigenvalue weighted by atomic mass is 16.5. The van der Waals surface area contributed by atoms with Gasteiger partial charge in [-0.25, -0.2) is 0 Å². The van der Waals surface area contributed by atoms with Gasteiger partial charge in [-0.15, -0.1) is 0 Å². The Labute approximate surface area is 197 Å². The molecule has 0 spiro atoms. The molecule has 7 nitrogen and oxygen atoms in total. The van der Waals surface area contributed by atoms with Crippen LogP contribution in [0.2, 0.25) is 0 Å². The van der Waals surface area contributed by atoms with Crippen LogP contribution in [0, 0.1) is 17.8 Å². The van der Waals surface area contributed by atoms with Crippen molar-refractivity contribution in [3.8, 4) is 11.5 Å². The number of likely N-dealkylation sites (tertiary alicyclic amines) is 1. The van der Waals surface area contributed by atoms with E-state index < -0.39 is 23.7 Å². The topological polar surface area (TPSA) is 101 Å². The molecule has 1 aliphatic heterocycles. The molecule has 4 aliphatic rings. The normalized spacial score (nSPS) is 28.4. The van der Waals surface area contributed by atoms with Crippen LogP contribution in [0.25, 0.3) is 0 Å². The molecule has 1 N–H and O–H groups in total. The summed E-state index contributed by atoms with van der Waals surface area (Å²) in [7, 11) is 0. The molecule has 0 radical (unpaired) electrons. The summed E-state index contributed by atoms with van der Waals surface area (Å²) in [5, 5.41) is 11.1. The van der Waals surface area contributed by atoms with Crippen molar-refractivity contribution in [3.63, 3.8) is 0 Å². The van der Waals surface area contributed by atoms with E-state index in [1.165, 1.54) is 11.0 Å². The van der Waals surface area contributed by atoms with Crippen molar-refractivity contribution in [3.05, 3.63) is 58.2 Å². The van der Waals surface area contributed by atoms with Crippen molar-refractivity contribution < 1.29 is 29.0 Å². The number of benzene rings is 1. The number of ketones is 2. The maximum atomic E-state index is 13.3. The van der Waals surface area contributed by atoms with E-state index in [1.54, 1.807) is 32.0 Å².